The number of nitrogens with zero attached hydrogens (tertiary/aromatic N) is 2. The number of benzene rings is 1. The second-order valence-electron chi connectivity index (χ2n) is 5.15. The van der Waals surface area contributed by atoms with E-state index in [9.17, 15) is 0 Å². The van der Waals surface area contributed by atoms with Crippen molar-refractivity contribution in [1.29, 1.82) is 0 Å². The van der Waals surface area contributed by atoms with Crippen LogP contribution in [0.3, 0.4) is 0 Å². The van der Waals surface area contributed by atoms with Crippen LogP contribution in [0.4, 0.5) is 11.5 Å². The highest BCUT2D eigenvalue weighted by molar-refractivity contribution is 6.31. The quantitative estimate of drug-likeness (QED) is 0.557. The molecule has 5 heteroatoms. The van der Waals surface area contributed by atoms with Crippen LogP contribution in [-0.4, -0.2) is 15.0 Å². The fraction of sp³-hybridized carbons (Fsp3) is 0. The number of hydrogen-bond donors (Lipinski definition) is 2. The van der Waals surface area contributed by atoms with Gasteiger partial charge in [-0.2, -0.15) is 0 Å². The van der Waals surface area contributed by atoms with E-state index in [1.807, 2.05) is 60.8 Å². The third-order valence-corrected chi connectivity index (χ3v) is 3.78. The fourth-order valence-electron chi connectivity index (χ4n) is 2.51. The topological polar surface area (TPSA) is 53.6 Å². The summed E-state index contributed by atoms with van der Waals surface area (Å²) < 4.78 is 0. The molecule has 0 aliphatic rings. The lowest BCUT2D eigenvalue weighted by molar-refractivity contribution is 1.30. The summed E-state index contributed by atoms with van der Waals surface area (Å²) in [5.74, 6) is 0.790. The molecular formula is C18H13ClN4. The van der Waals surface area contributed by atoms with Gasteiger partial charge in [0.1, 0.15) is 11.5 Å². The molecule has 112 valence electrons. The number of pyridine rings is 2. The molecule has 0 aliphatic heterocycles. The number of fused-ring (bicyclic) bond motifs is 1. The minimum absolute atomic E-state index is 0.608. The van der Waals surface area contributed by atoms with Gasteiger partial charge in [0.05, 0.1) is 10.7 Å². The first-order valence-corrected chi connectivity index (χ1v) is 7.59. The maximum Gasteiger partial charge on any atom is 0.138 e. The highest BCUT2D eigenvalue weighted by Gasteiger charge is 2.09. The lowest BCUT2D eigenvalue weighted by Gasteiger charge is -2.07. The molecule has 23 heavy (non-hydrogen) atoms. The fourth-order valence-corrected chi connectivity index (χ4v) is 2.67. The molecule has 1 aromatic carbocycles. The third-order valence-electron chi connectivity index (χ3n) is 3.57. The average molecular weight is 321 g/mol. The highest BCUT2D eigenvalue weighted by Crippen LogP contribution is 2.29. The van der Waals surface area contributed by atoms with Crippen molar-refractivity contribution in [3.05, 3.63) is 72.0 Å². The van der Waals surface area contributed by atoms with Crippen LogP contribution in [0.15, 0.2) is 67.0 Å². The molecule has 4 aromatic rings. The van der Waals surface area contributed by atoms with Crippen LogP contribution in [0, 0.1) is 0 Å². The van der Waals surface area contributed by atoms with Crippen LogP contribution in [-0.2, 0) is 0 Å². The molecule has 0 radical (unpaired) electrons. The predicted octanol–water partition coefficient (Wildman–Crippen LogP) is 5.02. The van der Waals surface area contributed by atoms with Gasteiger partial charge in [-0.1, -0.05) is 35.9 Å². The van der Waals surface area contributed by atoms with Crippen LogP contribution < -0.4 is 5.32 Å². The van der Waals surface area contributed by atoms with E-state index in [1.165, 1.54) is 0 Å². The minimum Gasteiger partial charge on any atom is -0.345 e. The van der Waals surface area contributed by atoms with Crippen molar-refractivity contribution in [3.63, 3.8) is 0 Å². The van der Waals surface area contributed by atoms with E-state index in [1.54, 1.807) is 6.20 Å². The van der Waals surface area contributed by atoms with E-state index >= 15 is 0 Å². The van der Waals surface area contributed by atoms with Gasteiger partial charge in [0.2, 0.25) is 0 Å². The molecular weight excluding hydrogens is 308 g/mol. The van der Waals surface area contributed by atoms with E-state index in [4.69, 9.17) is 11.6 Å². The van der Waals surface area contributed by atoms with E-state index in [2.05, 4.69) is 20.3 Å². The second-order valence-corrected chi connectivity index (χ2v) is 5.59. The zero-order valence-electron chi connectivity index (χ0n) is 12.1. The van der Waals surface area contributed by atoms with E-state index < -0.39 is 0 Å². The standard InChI is InChI=1S/C18H13ClN4/c19-12-9-14-15(11-21-18(14)20-10-12)16-7-4-8-17(23-16)22-13-5-2-1-3-6-13/h1-11H,(H,20,21)(H,22,23). The molecule has 4 nitrogen and oxygen atoms in total. The molecule has 0 unspecified atom stereocenters. The molecule has 0 amide bonds. The van der Waals surface area contributed by atoms with Gasteiger partial charge in [-0.15, -0.1) is 0 Å². The van der Waals surface area contributed by atoms with Gasteiger partial charge in [-0.25, -0.2) is 9.97 Å². The average Bonchev–Trinajstić information content (AvgIpc) is 2.99. The van der Waals surface area contributed by atoms with Crippen LogP contribution >= 0.6 is 11.6 Å². The Morgan fingerprint density at radius 2 is 1.87 bits per heavy atom. The van der Waals surface area contributed by atoms with Gasteiger partial charge in [-0.3, -0.25) is 0 Å². The molecule has 2 N–H and O–H groups in total. The molecule has 3 heterocycles. The van der Waals surface area contributed by atoms with Crippen LogP contribution in [0.5, 0.6) is 0 Å². The van der Waals surface area contributed by atoms with Gasteiger partial charge in [0.15, 0.2) is 0 Å². The number of rotatable bonds is 3. The zero-order valence-corrected chi connectivity index (χ0v) is 12.9. The molecule has 0 fully saturated rings. The number of nitrogens with one attached hydrogen (secondary N) is 2. The minimum atomic E-state index is 0.608. The van der Waals surface area contributed by atoms with Crippen molar-refractivity contribution >= 4 is 34.1 Å². The zero-order chi connectivity index (χ0) is 15.6. The summed E-state index contributed by atoms with van der Waals surface area (Å²) in [5.41, 5.74) is 3.64. The summed E-state index contributed by atoms with van der Waals surface area (Å²) in [6.45, 7) is 0. The number of anilines is 2. The summed E-state index contributed by atoms with van der Waals surface area (Å²) >= 11 is 6.06. The molecule has 4 rings (SSSR count). The predicted molar refractivity (Wildman–Crippen MR) is 94.1 cm³/mol. The largest absolute Gasteiger partial charge is 0.345 e. The van der Waals surface area contributed by atoms with E-state index in [-0.39, 0.29) is 0 Å². The van der Waals surface area contributed by atoms with Crippen molar-refractivity contribution in [2.75, 3.05) is 5.32 Å². The van der Waals surface area contributed by atoms with E-state index in [0.717, 1.165) is 33.8 Å². The Bertz CT molecular complexity index is 963. The SMILES string of the molecule is Clc1cnc2[nH]cc(-c3cccc(Nc4ccccc4)n3)c2c1. The summed E-state index contributed by atoms with van der Waals surface area (Å²) in [7, 11) is 0. The molecule has 3 aromatic heterocycles. The highest BCUT2D eigenvalue weighted by atomic mass is 35.5. The van der Waals surface area contributed by atoms with Crippen molar-refractivity contribution in [2.45, 2.75) is 0 Å². The first-order chi connectivity index (χ1) is 11.3. The Hall–Kier alpha value is -2.85. The van der Waals surface area contributed by atoms with Crippen LogP contribution in [0.25, 0.3) is 22.3 Å². The number of halogens is 1. The van der Waals surface area contributed by atoms with Crippen LogP contribution in [0.2, 0.25) is 5.02 Å². The van der Waals surface area contributed by atoms with Gasteiger partial charge < -0.3 is 10.3 Å². The molecule has 0 spiro atoms. The normalized spacial score (nSPS) is 10.8. The number of para-hydroxylation sites is 1. The maximum atomic E-state index is 6.06. The van der Waals surface area contributed by atoms with Gasteiger partial charge >= 0.3 is 0 Å². The van der Waals surface area contributed by atoms with Crippen LogP contribution in [0.1, 0.15) is 0 Å². The Morgan fingerprint density at radius 1 is 1.00 bits per heavy atom. The number of hydrogen-bond acceptors (Lipinski definition) is 3. The molecule has 0 saturated carbocycles. The number of aromatic amines is 1. The van der Waals surface area contributed by atoms with Gasteiger partial charge in [0.25, 0.3) is 0 Å². The second kappa shape index (κ2) is 5.74. The lowest BCUT2D eigenvalue weighted by atomic mass is 10.1. The van der Waals surface area contributed by atoms with Crippen molar-refractivity contribution in [2.24, 2.45) is 0 Å². The summed E-state index contributed by atoms with van der Waals surface area (Å²) in [6, 6.07) is 17.7. The van der Waals surface area contributed by atoms with Gasteiger partial charge in [0, 0.05) is 29.0 Å². The number of aromatic nitrogens is 3. The summed E-state index contributed by atoms with van der Waals surface area (Å²) in [4.78, 5) is 12.1. The molecule has 0 aliphatic carbocycles. The first kappa shape index (κ1) is 13.8. The number of H-pyrrole nitrogens is 1. The Morgan fingerprint density at radius 3 is 2.74 bits per heavy atom. The van der Waals surface area contributed by atoms with Crippen molar-refractivity contribution < 1.29 is 0 Å². The molecule has 0 bridgehead atoms. The molecule has 0 saturated heterocycles. The third kappa shape index (κ3) is 2.76. The smallest absolute Gasteiger partial charge is 0.138 e. The first-order valence-electron chi connectivity index (χ1n) is 7.22. The Labute approximate surface area is 138 Å². The summed E-state index contributed by atoms with van der Waals surface area (Å²) in [6.07, 6.45) is 3.54. The van der Waals surface area contributed by atoms with E-state index in [0.29, 0.717) is 5.02 Å². The van der Waals surface area contributed by atoms with Gasteiger partial charge in [-0.05, 0) is 30.3 Å². The van der Waals surface area contributed by atoms with Crippen molar-refractivity contribution in [3.8, 4) is 11.3 Å². The Kier molecular flexibility index (Phi) is 3.44. The summed E-state index contributed by atoms with van der Waals surface area (Å²) in [5, 5.41) is 4.87. The van der Waals surface area contributed by atoms with Crippen molar-refractivity contribution in [1.82, 2.24) is 15.0 Å². The lowest BCUT2D eigenvalue weighted by Crippen LogP contribution is -1.94. The monoisotopic (exact) mass is 320 g/mol. The Balaban J connectivity index is 1.74. The molecule has 0 atom stereocenters. The maximum absolute atomic E-state index is 6.06.